The molecule has 112 valence electrons. The molecule has 0 fully saturated rings. The number of anilines is 1. The second-order valence-electron chi connectivity index (χ2n) is 5.88. The molecule has 2 nitrogen and oxygen atoms in total. The summed E-state index contributed by atoms with van der Waals surface area (Å²) in [6.07, 6.45) is 5.41. The Kier molecular flexibility index (Phi) is 3.32. The summed E-state index contributed by atoms with van der Waals surface area (Å²) in [6, 6.07) is 11.4. The van der Waals surface area contributed by atoms with Crippen LogP contribution in [0.2, 0.25) is 10.0 Å². The zero-order valence-electron chi connectivity index (χ0n) is 11.8. The van der Waals surface area contributed by atoms with Crippen molar-refractivity contribution < 1.29 is 5.11 Å². The van der Waals surface area contributed by atoms with E-state index in [4.69, 9.17) is 23.2 Å². The van der Waals surface area contributed by atoms with Gasteiger partial charge in [-0.05, 0) is 42.2 Å². The average molecular weight is 332 g/mol. The average Bonchev–Trinajstić information content (AvgIpc) is 3.00. The molecule has 22 heavy (non-hydrogen) atoms. The van der Waals surface area contributed by atoms with Gasteiger partial charge in [0.2, 0.25) is 0 Å². The van der Waals surface area contributed by atoms with Crippen LogP contribution in [0.1, 0.15) is 29.5 Å². The molecule has 0 spiro atoms. The van der Waals surface area contributed by atoms with E-state index in [1.54, 1.807) is 12.1 Å². The number of hydrogen-bond donors (Lipinski definition) is 2. The van der Waals surface area contributed by atoms with Crippen molar-refractivity contribution in [1.82, 2.24) is 0 Å². The fraction of sp³-hybridized carbons (Fsp3) is 0.222. The summed E-state index contributed by atoms with van der Waals surface area (Å²) in [7, 11) is 0. The fourth-order valence-electron chi connectivity index (χ4n) is 3.65. The summed E-state index contributed by atoms with van der Waals surface area (Å²) in [5, 5.41) is 15.2. The molecule has 1 aliphatic heterocycles. The molecular weight excluding hydrogens is 317 g/mol. The fourth-order valence-corrected chi connectivity index (χ4v) is 4.06. The third-order valence-corrected chi connectivity index (χ3v) is 5.26. The molecule has 3 atom stereocenters. The maximum absolute atomic E-state index is 10.2. The predicted octanol–water partition coefficient (Wildman–Crippen LogP) is 5.53. The van der Waals surface area contributed by atoms with Gasteiger partial charge in [-0.3, -0.25) is 0 Å². The minimum atomic E-state index is 0.133. The van der Waals surface area contributed by atoms with E-state index >= 15 is 0 Å². The van der Waals surface area contributed by atoms with Gasteiger partial charge in [-0.1, -0.05) is 47.5 Å². The summed E-state index contributed by atoms with van der Waals surface area (Å²) in [5.74, 6) is 0.876. The van der Waals surface area contributed by atoms with Gasteiger partial charge in [0.1, 0.15) is 5.75 Å². The number of nitrogens with one attached hydrogen (secondary N) is 1. The third kappa shape index (κ3) is 2.10. The van der Waals surface area contributed by atoms with Gasteiger partial charge < -0.3 is 10.4 Å². The molecule has 0 saturated heterocycles. The first kappa shape index (κ1) is 14.0. The quantitative estimate of drug-likeness (QED) is 0.532. The van der Waals surface area contributed by atoms with E-state index in [1.165, 1.54) is 5.56 Å². The summed E-state index contributed by atoms with van der Waals surface area (Å²) in [6.45, 7) is 0. The SMILES string of the molecule is Oc1ccc(Cl)c2c1N[C@H](c1ccc(Cl)cc1)[C@H]1CC=C[C@@H]21. The first-order valence-electron chi connectivity index (χ1n) is 7.35. The van der Waals surface area contributed by atoms with Crippen molar-refractivity contribution in [3.63, 3.8) is 0 Å². The van der Waals surface area contributed by atoms with Gasteiger partial charge in [0.15, 0.2) is 0 Å². The number of phenols is 1. The maximum atomic E-state index is 10.2. The molecule has 4 heteroatoms. The highest BCUT2D eigenvalue weighted by atomic mass is 35.5. The first-order chi connectivity index (χ1) is 10.6. The molecule has 0 unspecified atom stereocenters. The van der Waals surface area contributed by atoms with E-state index in [2.05, 4.69) is 17.5 Å². The van der Waals surface area contributed by atoms with Crippen molar-refractivity contribution >= 4 is 28.9 Å². The lowest BCUT2D eigenvalue weighted by molar-refractivity contribution is 0.415. The van der Waals surface area contributed by atoms with Crippen LogP contribution in [-0.2, 0) is 0 Å². The Hall–Kier alpha value is -1.64. The van der Waals surface area contributed by atoms with Crippen LogP contribution >= 0.6 is 23.2 Å². The normalized spacial score (nSPS) is 25.5. The van der Waals surface area contributed by atoms with Crippen LogP contribution in [0.25, 0.3) is 0 Å². The van der Waals surface area contributed by atoms with Crippen LogP contribution in [0.5, 0.6) is 5.75 Å². The minimum Gasteiger partial charge on any atom is -0.506 e. The highest BCUT2D eigenvalue weighted by molar-refractivity contribution is 6.32. The molecule has 0 aromatic heterocycles. The molecule has 2 aromatic rings. The number of aromatic hydroxyl groups is 1. The van der Waals surface area contributed by atoms with E-state index in [-0.39, 0.29) is 17.7 Å². The number of allylic oxidation sites excluding steroid dienone is 2. The Morgan fingerprint density at radius 1 is 1.05 bits per heavy atom. The number of phenolic OH excluding ortho intramolecular Hbond substituents is 1. The number of halogens is 2. The summed E-state index contributed by atoms with van der Waals surface area (Å²) < 4.78 is 0. The van der Waals surface area contributed by atoms with Gasteiger partial charge in [-0.15, -0.1) is 0 Å². The Morgan fingerprint density at radius 2 is 1.82 bits per heavy atom. The van der Waals surface area contributed by atoms with E-state index in [1.807, 2.05) is 24.3 Å². The van der Waals surface area contributed by atoms with E-state index < -0.39 is 0 Å². The van der Waals surface area contributed by atoms with E-state index in [9.17, 15) is 5.11 Å². The van der Waals surface area contributed by atoms with Crippen molar-refractivity contribution in [1.29, 1.82) is 0 Å². The summed E-state index contributed by atoms with van der Waals surface area (Å²) in [4.78, 5) is 0. The molecule has 0 amide bonds. The van der Waals surface area contributed by atoms with Gasteiger partial charge in [0.05, 0.1) is 11.7 Å². The van der Waals surface area contributed by atoms with Crippen molar-refractivity contribution in [3.8, 4) is 5.75 Å². The topological polar surface area (TPSA) is 32.3 Å². The minimum absolute atomic E-state index is 0.133. The lowest BCUT2D eigenvalue weighted by atomic mass is 9.77. The Bertz CT molecular complexity index is 754. The first-order valence-corrected chi connectivity index (χ1v) is 8.11. The van der Waals surface area contributed by atoms with Gasteiger partial charge >= 0.3 is 0 Å². The van der Waals surface area contributed by atoms with Crippen LogP contribution in [0.3, 0.4) is 0 Å². The third-order valence-electron chi connectivity index (χ3n) is 4.67. The monoisotopic (exact) mass is 331 g/mol. The standard InChI is InChI=1S/C18H15Cl2NO/c19-11-6-4-10(5-7-11)17-13-3-1-2-12(13)16-14(20)8-9-15(22)18(16)21-17/h1-2,4-9,12-13,17,21-22H,3H2/t12-,13+,17-/m1/s1. The van der Waals surface area contributed by atoms with Crippen LogP contribution in [0.4, 0.5) is 5.69 Å². The molecule has 2 aliphatic rings. The van der Waals surface area contributed by atoms with Crippen LogP contribution < -0.4 is 5.32 Å². The smallest absolute Gasteiger partial charge is 0.139 e. The molecule has 4 rings (SSSR count). The number of rotatable bonds is 1. The zero-order valence-corrected chi connectivity index (χ0v) is 13.3. The molecule has 0 radical (unpaired) electrons. The Morgan fingerprint density at radius 3 is 2.59 bits per heavy atom. The van der Waals surface area contributed by atoms with Crippen molar-refractivity contribution in [2.24, 2.45) is 5.92 Å². The zero-order chi connectivity index (χ0) is 15.3. The number of hydrogen-bond acceptors (Lipinski definition) is 2. The number of fused-ring (bicyclic) bond motifs is 3. The van der Waals surface area contributed by atoms with Gasteiger partial charge in [0.25, 0.3) is 0 Å². The van der Waals surface area contributed by atoms with E-state index in [0.29, 0.717) is 10.9 Å². The molecule has 2 aromatic carbocycles. The maximum Gasteiger partial charge on any atom is 0.139 e. The second kappa shape index (κ2) is 5.22. The van der Waals surface area contributed by atoms with Crippen LogP contribution in [0.15, 0.2) is 48.6 Å². The lowest BCUT2D eigenvalue weighted by Crippen LogP contribution is -2.29. The number of benzene rings is 2. The van der Waals surface area contributed by atoms with Crippen molar-refractivity contribution in [2.75, 3.05) is 5.32 Å². The Balaban J connectivity index is 1.84. The van der Waals surface area contributed by atoms with Gasteiger partial charge in [-0.25, -0.2) is 0 Å². The Labute approximate surface area is 139 Å². The van der Waals surface area contributed by atoms with Gasteiger partial charge in [-0.2, -0.15) is 0 Å². The van der Waals surface area contributed by atoms with Crippen LogP contribution in [-0.4, -0.2) is 5.11 Å². The summed E-state index contributed by atoms with van der Waals surface area (Å²) >= 11 is 12.4. The highest BCUT2D eigenvalue weighted by Gasteiger charge is 2.40. The van der Waals surface area contributed by atoms with Gasteiger partial charge in [0, 0.05) is 21.5 Å². The molecule has 1 heterocycles. The lowest BCUT2D eigenvalue weighted by Gasteiger charge is -2.38. The molecule has 0 bridgehead atoms. The molecular formula is C18H15Cl2NO. The molecule has 2 N–H and O–H groups in total. The molecule has 1 aliphatic carbocycles. The van der Waals surface area contributed by atoms with Crippen molar-refractivity contribution in [2.45, 2.75) is 18.4 Å². The van der Waals surface area contributed by atoms with Crippen molar-refractivity contribution in [3.05, 3.63) is 69.7 Å². The second-order valence-corrected chi connectivity index (χ2v) is 6.73. The predicted molar refractivity (Wildman–Crippen MR) is 90.9 cm³/mol. The summed E-state index contributed by atoms with van der Waals surface area (Å²) in [5.41, 5.74) is 2.93. The molecule has 0 saturated carbocycles. The highest BCUT2D eigenvalue weighted by Crippen LogP contribution is 2.54. The largest absolute Gasteiger partial charge is 0.506 e. The van der Waals surface area contributed by atoms with Crippen LogP contribution in [0, 0.1) is 5.92 Å². The van der Waals surface area contributed by atoms with E-state index in [0.717, 1.165) is 22.7 Å².